The molecule has 1 aliphatic heterocycles. The fourth-order valence-corrected chi connectivity index (χ4v) is 1.57. The van der Waals surface area contributed by atoms with Crippen LogP contribution in [0.3, 0.4) is 0 Å². The van der Waals surface area contributed by atoms with Crippen molar-refractivity contribution < 1.29 is 9.53 Å². The Morgan fingerprint density at radius 1 is 1.57 bits per heavy atom. The van der Waals surface area contributed by atoms with Gasteiger partial charge in [-0.25, -0.2) is 0 Å². The van der Waals surface area contributed by atoms with E-state index in [0.29, 0.717) is 18.7 Å². The second kappa shape index (κ2) is 5.32. The van der Waals surface area contributed by atoms with Gasteiger partial charge in [-0.05, 0) is 19.8 Å². The maximum absolute atomic E-state index is 11.3. The van der Waals surface area contributed by atoms with E-state index < -0.39 is 0 Å². The smallest absolute Gasteiger partial charge is 0.236 e. The number of carbonyl (C=O) groups excluding carboxylic acids is 1. The lowest BCUT2D eigenvalue weighted by Gasteiger charge is -2.28. The van der Waals surface area contributed by atoms with Gasteiger partial charge in [0.1, 0.15) is 0 Å². The summed E-state index contributed by atoms with van der Waals surface area (Å²) in [6.45, 7) is 3.31. The Morgan fingerprint density at radius 3 is 2.86 bits per heavy atom. The summed E-state index contributed by atoms with van der Waals surface area (Å²) < 4.78 is 5.43. The molecular weight excluding hydrogens is 180 g/mol. The molecule has 4 heteroatoms. The molecule has 1 fully saturated rings. The zero-order valence-electron chi connectivity index (χ0n) is 9.25. The number of nitrogens with zero attached hydrogens (tertiary/aromatic N) is 1. The summed E-state index contributed by atoms with van der Waals surface area (Å²) >= 11 is 0. The summed E-state index contributed by atoms with van der Waals surface area (Å²) in [7, 11) is 3.55. The van der Waals surface area contributed by atoms with Crippen molar-refractivity contribution in [2.75, 3.05) is 27.2 Å². The Balaban J connectivity index is 2.20. The Kier molecular flexibility index (Phi) is 4.35. The molecule has 0 aromatic heterocycles. The van der Waals surface area contributed by atoms with E-state index in [4.69, 9.17) is 4.74 Å². The largest absolute Gasteiger partial charge is 0.378 e. The van der Waals surface area contributed by atoms with Gasteiger partial charge >= 0.3 is 0 Å². The topological polar surface area (TPSA) is 41.6 Å². The molecule has 14 heavy (non-hydrogen) atoms. The third-order valence-corrected chi connectivity index (χ3v) is 2.53. The van der Waals surface area contributed by atoms with Gasteiger partial charge in [0.25, 0.3) is 0 Å². The number of carbonyl (C=O) groups is 1. The van der Waals surface area contributed by atoms with E-state index in [2.05, 4.69) is 12.2 Å². The van der Waals surface area contributed by atoms with Gasteiger partial charge in [0, 0.05) is 26.7 Å². The zero-order valence-corrected chi connectivity index (χ0v) is 9.25. The number of amides is 1. The zero-order chi connectivity index (χ0) is 10.6. The lowest BCUT2D eigenvalue weighted by atomic mass is 10.0. The van der Waals surface area contributed by atoms with Crippen LogP contribution in [0.5, 0.6) is 0 Å². The van der Waals surface area contributed by atoms with Crippen LogP contribution < -0.4 is 5.32 Å². The average Bonchev–Trinajstić information content (AvgIpc) is 2.14. The normalized spacial score (nSPS) is 27.4. The summed E-state index contributed by atoms with van der Waals surface area (Å²) in [6.07, 6.45) is 2.32. The molecule has 1 rings (SSSR count). The van der Waals surface area contributed by atoms with Crippen molar-refractivity contribution in [3.8, 4) is 0 Å². The number of ether oxygens (including phenoxy) is 1. The molecule has 1 N–H and O–H groups in total. The highest BCUT2D eigenvalue weighted by molar-refractivity contribution is 5.77. The predicted molar refractivity (Wildman–Crippen MR) is 55.1 cm³/mol. The lowest BCUT2D eigenvalue weighted by molar-refractivity contribution is -0.128. The number of hydrogen-bond donors (Lipinski definition) is 1. The van der Waals surface area contributed by atoms with Crippen LogP contribution in [0, 0.1) is 0 Å². The maximum Gasteiger partial charge on any atom is 0.236 e. The van der Waals surface area contributed by atoms with E-state index in [1.165, 1.54) is 0 Å². The molecule has 1 heterocycles. The summed E-state index contributed by atoms with van der Waals surface area (Å²) in [6, 6.07) is 0.433. The maximum atomic E-state index is 11.3. The van der Waals surface area contributed by atoms with E-state index in [0.717, 1.165) is 19.4 Å². The minimum Gasteiger partial charge on any atom is -0.378 e. The molecule has 0 radical (unpaired) electrons. The Morgan fingerprint density at radius 2 is 2.29 bits per heavy atom. The number of likely N-dealkylation sites (N-methyl/N-ethyl adjacent to an activating group) is 1. The standard InChI is InChI=1S/C10H20N2O2/c1-8-6-9(4-5-14-8)11-7-10(13)12(2)3/h8-9,11H,4-7H2,1-3H3. The first-order valence-corrected chi connectivity index (χ1v) is 5.14. The summed E-state index contributed by atoms with van der Waals surface area (Å²) in [5.74, 6) is 0.129. The fourth-order valence-electron chi connectivity index (χ4n) is 1.57. The number of nitrogens with one attached hydrogen (secondary N) is 1. The lowest BCUT2D eigenvalue weighted by Crippen LogP contribution is -2.42. The van der Waals surface area contributed by atoms with Crippen LogP contribution in [-0.2, 0) is 9.53 Å². The predicted octanol–water partition coefficient (Wildman–Crippen LogP) is 0.232. The highest BCUT2D eigenvalue weighted by Gasteiger charge is 2.19. The van der Waals surface area contributed by atoms with Gasteiger partial charge in [0.2, 0.25) is 5.91 Å². The highest BCUT2D eigenvalue weighted by Crippen LogP contribution is 2.12. The van der Waals surface area contributed by atoms with Crippen LogP contribution in [0.4, 0.5) is 0 Å². The van der Waals surface area contributed by atoms with E-state index in [1.54, 1.807) is 19.0 Å². The van der Waals surface area contributed by atoms with Crippen LogP contribution in [0.1, 0.15) is 19.8 Å². The quantitative estimate of drug-likeness (QED) is 0.709. The van der Waals surface area contributed by atoms with Gasteiger partial charge in [-0.3, -0.25) is 4.79 Å². The van der Waals surface area contributed by atoms with E-state index >= 15 is 0 Å². The molecule has 2 atom stereocenters. The molecule has 0 bridgehead atoms. The van der Waals surface area contributed by atoms with Crippen molar-refractivity contribution >= 4 is 5.91 Å². The Bertz CT molecular complexity index is 195. The SMILES string of the molecule is CC1CC(NCC(=O)N(C)C)CCO1. The van der Waals surface area contributed by atoms with Gasteiger partial charge in [0.05, 0.1) is 12.6 Å². The van der Waals surface area contributed by atoms with Crippen molar-refractivity contribution in [3.05, 3.63) is 0 Å². The molecule has 82 valence electrons. The van der Waals surface area contributed by atoms with E-state index in [1.807, 2.05) is 0 Å². The first-order chi connectivity index (χ1) is 6.59. The second-order valence-corrected chi connectivity index (χ2v) is 4.07. The third-order valence-electron chi connectivity index (χ3n) is 2.53. The molecule has 0 spiro atoms. The molecule has 4 nitrogen and oxygen atoms in total. The minimum atomic E-state index is 0.129. The number of rotatable bonds is 3. The minimum absolute atomic E-state index is 0.129. The van der Waals surface area contributed by atoms with Crippen molar-refractivity contribution in [3.63, 3.8) is 0 Å². The summed E-state index contributed by atoms with van der Waals surface area (Å²) in [5, 5.41) is 3.26. The van der Waals surface area contributed by atoms with Crippen molar-refractivity contribution in [1.82, 2.24) is 10.2 Å². The first-order valence-electron chi connectivity index (χ1n) is 5.14. The van der Waals surface area contributed by atoms with Crippen LogP contribution in [-0.4, -0.2) is 50.2 Å². The third kappa shape index (κ3) is 3.64. The average molecular weight is 200 g/mol. The molecular formula is C10H20N2O2. The van der Waals surface area contributed by atoms with Gasteiger partial charge in [-0.2, -0.15) is 0 Å². The van der Waals surface area contributed by atoms with Crippen molar-refractivity contribution in [2.24, 2.45) is 0 Å². The van der Waals surface area contributed by atoms with E-state index in [-0.39, 0.29) is 5.91 Å². The fraction of sp³-hybridized carbons (Fsp3) is 0.900. The molecule has 1 saturated heterocycles. The molecule has 0 aliphatic carbocycles. The molecule has 1 aliphatic rings. The Hall–Kier alpha value is -0.610. The molecule has 0 saturated carbocycles. The molecule has 2 unspecified atom stereocenters. The monoisotopic (exact) mass is 200 g/mol. The van der Waals surface area contributed by atoms with Crippen LogP contribution in [0.15, 0.2) is 0 Å². The highest BCUT2D eigenvalue weighted by atomic mass is 16.5. The van der Waals surface area contributed by atoms with Gasteiger partial charge in [-0.15, -0.1) is 0 Å². The van der Waals surface area contributed by atoms with Gasteiger partial charge in [0.15, 0.2) is 0 Å². The van der Waals surface area contributed by atoms with Gasteiger partial charge < -0.3 is 15.0 Å². The van der Waals surface area contributed by atoms with Crippen molar-refractivity contribution in [2.45, 2.75) is 31.9 Å². The van der Waals surface area contributed by atoms with Crippen LogP contribution in [0.25, 0.3) is 0 Å². The molecule has 0 aromatic carbocycles. The Labute approximate surface area is 85.6 Å². The molecule has 0 aromatic rings. The summed E-state index contributed by atoms with van der Waals surface area (Å²) in [4.78, 5) is 12.9. The van der Waals surface area contributed by atoms with E-state index in [9.17, 15) is 4.79 Å². The van der Waals surface area contributed by atoms with Gasteiger partial charge in [-0.1, -0.05) is 0 Å². The number of hydrogen-bond acceptors (Lipinski definition) is 3. The van der Waals surface area contributed by atoms with Crippen molar-refractivity contribution in [1.29, 1.82) is 0 Å². The van der Waals surface area contributed by atoms with Crippen LogP contribution >= 0.6 is 0 Å². The first kappa shape index (κ1) is 11.5. The van der Waals surface area contributed by atoms with Crippen LogP contribution in [0.2, 0.25) is 0 Å². The summed E-state index contributed by atoms with van der Waals surface area (Å²) in [5.41, 5.74) is 0. The molecule has 1 amide bonds. The second-order valence-electron chi connectivity index (χ2n) is 4.07.